The Balaban J connectivity index is 0.976. The first-order valence-corrected chi connectivity index (χ1v) is 18.0. The molecule has 0 fully saturated rings. The van der Waals surface area contributed by atoms with Crippen LogP contribution in [-0.4, -0.2) is 15.0 Å². The molecule has 2 heterocycles. The average Bonchev–Trinajstić information content (AvgIpc) is 3.23. The third kappa shape index (κ3) is 5.51. The second-order valence-corrected chi connectivity index (χ2v) is 13.7. The van der Waals surface area contributed by atoms with Crippen LogP contribution in [-0.2, 0) is 0 Å². The van der Waals surface area contributed by atoms with Crippen molar-refractivity contribution in [2.24, 2.45) is 0 Å². The molecule has 0 atom stereocenters. The van der Waals surface area contributed by atoms with Crippen LogP contribution in [0.2, 0.25) is 0 Å². The quantitative estimate of drug-likeness (QED) is 0.165. The van der Waals surface area contributed by atoms with Crippen molar-refractivity contribution in [2.45, 2.75) is 6.92 Å². The van der Waals surface area contributed by atoms with Gasteiger partial charge < -0.3 is 0 Å². The zero-order chi connectivity index (χ0) is 35.3. The highest BCUT2D eigenvalue weighted by Gasteiger charge is 2.14. The number of hydrogen-bond acceptors (Lipinski definition) is 3. The van der Waals surface area contributed by atoms with E-state index in [4.69, 9.17) is 9.97 Å². The fourth-order valence-corrected chi connectivity index (χ4v) is 7.71. The molecule has 10 rings (SSSR count). The summed E-state index contributed by atoms with van der Waals surface area (Å²) in [5.74, 6) is 0.705. The van der Waals surface area contributed by atoms with E-state index in [1.807, 2.05) is 36.7 Å². The number of rotatable bonds is 6. The van der Waals surface area contributed by atoms with Crippen molar-refractivity contribution < 1.29 is 0 Å². The maximum absolute atomic E-state index is 5.06. The number of aryl methyl sites for hydroxylation is 1. The lowest BCUT2D eigenvalue weighted by Crippen LogP contribution is -1.96. The van der Waals surface area contributed by atoms with Gasteiger partial charge in [-0.25, -0.2) is 9.97 Å². The molecule has 0 aliphatic carbocycles. The van der Waals surface area contributed by atoms with Crippen molar-refractivity contribution in [3.8, 4) is 67.3 Å². The van der Waals surface area contributed by atoms with Gasteiger partial charge in [-0.05, 0) is 84.8 Å². The Kier molecular flexibility index (Phi) is 7.36. The van der Waals surface area contributed by atoms with Gasteiger partial charge in [-0.15, -0.1) is 0 Å². The zero-order valence-electron chi connectivity index (χ0n) is 29.2. The Bertz CT molecular complexity index is 2900. The largest absolute Gasteiger partial charge is 0.264 e. The van der Waals surface area contributed by atoms with E-state index in [-0.39, 0.29) is 0 Å². The third-order valence-electron chi connectivity index (χ3n) is 10.5. The minimum absolute atomic E-state index is 0.705. The third-order valence-corrected chi connectivity index (χ3v) is 10.5. The summed E-state index contributed by atoms with van der Waals surface area (Å²) in [6.45, 7) is 2.11. The fourth-order valence-electron chi connectivity index (χ4n) is 7.71. The van der Waals surface area contributed by atoms with E-state index in [9.17, 15) is 0 Å². The first-order chi connectivity index (χ1) is 26.2. The molecule has 8 aromatic carbocycles. The Morgan fingerprint density at radius 3 is 1.53 bits per heavy atom. The van der Waals surface area contributed by atoms with Gasteiger partial charge in [0.15, 0.2) is 5.82 Å². The molecule has 53 heavy (non-hydrogen) atoms. The molecule has 0 N–H and O–H groups in total. The lowest BCUT2D eigenvalue weighted by molar-refractivity contribution is 1.18. The molecule has 0 saturated carbocycles. The molecule has 10 aromatic rings. The monoisotopic (exact) mass is 675 g/mol. The van der Waals surface area contributed by atoms with E-state index < -0.39 is 0 Å². The summed E-state index contributed by atoms with van der Waals surface area (Å²) in [5, 5.41) is 7.85. The maximum atomic E-state index is 5.06. The summed E-state index contributed by atoms with van der Waals surface area (Å²) in [5.41, 5.74) is 13.1. The predicted molar refractivity (Wildman–Crippen MR) is 221 cm³/mol. The minimum Gasteiger partial charge on any atom is -0.264 e. The van der Waals surface area contributed by atoms with E-state index in [1.54, 1.807) is 0 Å². The summed E-state index contributed by atoms with van der Waals surface area (Å²) in [7, 11) is 0. The molecule has 0 spiro atoms. The van der Waals surface area contributed by atoms with Crippen molar-refractivity contribution in [2.75, 3.05) is 0 Å². The maximum Gasteiger partial charge on any atom is 0.160 e. The van der Waals surface area contributed by atoms with Crippen molar-refractivity contribution in [3.63, 3.8) is 0 Å². The molecule has 0 bridgehead atoms. The van der Waals surface area contributed by atoms with Crippen LogP contribution >= 0.6 is 0 Å². The zero-order valence-corrected chi connectivity index (χ0v) is 29.2. The molecule has 3 heteroatoms. The highest BCUT2D eigenvalue weighted by atomic mass is 14.9. The Morgan fingerprint density at radius 2 is 0.906 bits per heavy atom. The van der Waals surface area contributed by atoms with Crippen molar-refractivity contribution >= 4 is 32.3 Å². The number of nitrogens with zero attached hydrogens (tertiary/aromatic N) is 3. The van der Waals surface area contributed by atoms with Gasteiger partial charge in [0.25, 0.3) is 0 Å². The van der Waals surface area contributed by atoms with Crippen LogP contribution in [0.5, 0.6) is 0 Å². The molecule has 248 valence electrons. The predicted octanol–water partition coefficient (Wildman–Crippen LogP) is 13.1. The van der Waals surface area contributed by atoms with Gasteiger partial charge in [0.1, 0.15) is 0 Å². The van der Waals surface area contributed by atoms with Crippen LogP contribution in [0.25, 0.3) is 99.6 Å². The van der Waals surface area contributed by atoms with E-state index in [0.29, 0.717) is 5.82 Å². The van der Waals surface area contributed by atoms with E-state index in [1.165, 1.54) is 54.6 Å². The number of aromatic nitrogens is 3. The SMILES string of the molecule is Cc1ccncc1-c1ccc(-c2cc(-c3ccc(-c4ccc(-c5ccc6ccc7cccc8ccc5c6c78)cc4)cc3)nc(-c3ccccc3)n2)cc1. The molecule has 0 aliphatic heterocycles. The molecule has 0 amide bonds. The average molecular weight is 676 g/mol. The van der Waals surface area contributed by atoms with Gasteiger partial charge in [-0.1, -0.05) is 158 Å². The topological polar surface area (TPSA) is 38.7 Å². The summed E-state index contributed by atoms with van der Waals surface area (Å²) in [6.07, 6.45) is 3.76. The van der Waals surface area contributed by atoms with Crippen LogP contribution in [0.15, 0.2) is 182 Å². The smallest absolute Gasteiger partial charge is 0.160 e. The standard InChI is InChI=1S/C50H33N3/c1-32-28-29-51-31-45(32)36-16-20-38(21-17-36)47-30-46(52-50(53-47)42-6-3-2-4-7-42)37-18-12-34(13-19-37)33-10-14-35(15-11-33)43-26-24-41-23-22-39-8-5-9-40-25-27-44(43)49(41)48(39)40/h2-31H,1H3. The number of pyridine rings is 1. The van der Waals surface area contributed by atoms with Gasteiger partial charge in [-0.2, -0.15) is 0 Å². The summed E-state index contributed by atoms with van der Waals surface area (Å²) >= 11 is 0. The van der Waals surface area contributed by atoms with Crippen molar-refractivity contribution in [3.05, 3.63) is 188 Å². The van der Waals surface area contributed by atoms with Crippen LogP contribution in [0.3, 0.4) is 0 Å². The first kappa shape index (κ1) is 30.8. The summed E-state index contributed by atoms with van der Waals surface area (Å²) < 4.78 is 0. The van der Waals surface area contributed by atoms with Gasteiger partial charge >= 0.3 is 0 Å². The van der Waals surface area contributed by atoms with E-state index in [0.717, 1.165) is 44.8 Å². The van der Waals surface area contributed by atoms with Gasteiger partial charge in [0.2, 0.25) is 0 Å². The minimum atomic E-state index is 0.705. The van der Waals surface area contributed by atoms with Crippen LogP contribution in [0.1, 0.15) is 5.56 Å². The van der Waals surface area contributed by atoms with Crippen molar-refractivity contribution in [1.82, 2.24) is 15.0 Å². The molecule has 3 nitrogen and oxygen atoms in total. The molecule has 0 saturated heterocycles. The molecule has 0 unspecified atom stereocenters. The second-order valence-electron chi connectivity index (χ2n) is 13.7. The normalized spacial score (nSPS) is 11.5. The molecule has 0 aliphatic rings. The molecule has 0 radical (unpaired) electrons. The molecular formula is C50H33N3. The Labute approximate surface area is 308 Å². The van der Waals surface area contributed by atoms with Gasteiger partial charge in [-0.3, -0.25) is 4.98 Å². The Hall–Kier alpha value is -6.97. The lowest BCUT2D eigenvalue weighted by Gasteiger charge is -2.14. The first-order valence-electron chi connectivity index (χ1n) is 18.0. The fraction of sp³-hybridized carbons (Fsp3) is 0.0200. The van der Waals surface area contributed by atoms with E-state index >= 15 is 0 Å². The van der Waals surface area contributed by atoms with Crippen LogP contribution in [0.4, 0.5) is 0 Å². The highest BCUT2D eigenvalue weighted by molar-refractivity contribution is 6.25. The lowest BCUT2D eigenvalue weighted by atomic mass is 9.89. The molecular weight excluding hydrogens is 643 g/mol. The van der Waals surface area contributed by atoms with Crippen LogP contribution in [0, 0.1) is 6.92 Å². The number of hydrogen-bond donors (Lipinski definition) is 0. The van der Waals surface area contributed by atoms with Crippen molar-refractivity contribution in [1.29, 1.82) is 0 Å². The van der Waals surface area contributed by atoms with Gasteiger partial charge in [0, 0.05) is 34.6 Å². The highest BCUT2D eigenvalue weighted by Crippen LogP contribution is 2.40. The molecule has 2 aromatic heterocycles. The van der Waals surface area contributed by atoms with Gasteiger partial charge in [0.05, 0.1) is 11.4 Å². The summed E-state index contributed by atoms with van der Waals surface area (Å²) in [4.78, 5) is 14.4. The van der Waals surface area contributed by atoms with Crippen LogP contribution < -0.4 is 0 Å². The Morgan fingerprint density at radius 1 is 0.377 bits per heavy atom. The number of benzene rings is 8. The summed E-state index contributed by atoms with van der Waals surface area (Å²) in [6, 6.07) is 60.7. The van der Waals surface area contributed by atoms with E-state index in [2.05, 4.69) is 158 Å². The second kappa shape index (κ2) is 12.7.